The van der Waals surface area contributed by atoms with Crippen molar-refractivity contribution in [3.63, 3.8) is 0 Å². The molecule has 1 aliphatic heterocycles. The van der Waals surface area contributed by atoms with Crippen LogP contribution in [0.1, 0.15) is 26.7 Å². The zero-order valence-corrected chi connectivity index (χ0v) is 8.43. The Bertz CT molecular complexity index is 227. The third-order valence-corrected chi connectivity index (χ3v) is 4.37. The van der Waals surface area contributed by atoms with Crippen LogP contribution in [0.25, 0.3) is 0 Å². The second-order valence-electron chi connectivity index (χ2n) is 3.51. The summed E-state index contributed by atoms with van der Waals surface area (Å²) in [5, 5.41) is -0.238. The molecule has 12 heavy (non-hydrogen) atoms. The van der Waals surface area contributed by atoms with E-state index in [1.807, 2.05) is 0 Å². The smallest absolute Gasteiger partial charge is 0.152 e. The SMILES string of the molecule is CC(C)S(=O)(=O)CCCC1CO1. The van der Waals surface area contributed by atoms with E-state index in [0.29, 0.717) is 11.9 Å². The van der Waals surface area contributed by atoms with E-state index in [1.54, 1.807) is 13.8 Å². The quantitative estimate of drug-likeness (QED) is 0.610. The van der Waals surface area contributed by atoms with E-state index in [0.717, 1.165) is 19.4 Å². The molecule has 1 unspecified atom stereocenters. The molecule has 1 fully saturated rings. The first-order chi connectivity index (χ1) is 5.52. The van der Waals surface area contributed by atoms with Crippen LogP contribution in [-0.2, 0) is 14.6 Å². The summed E-state index contributed by atoms with van der Waals surface area (Å²) in [5.74, 6) is 0.310. The van der Waals surface area contributed by atoms with E-state index in [4.69, 9.17) is 4.74 Å². The lowest BCUT2D eigenvalue weighted by Gasteiger charge is -2.05. The van der Waals surface area contributed by atoms with Gasteiger partial charge in [0.15, 0.2) is 9.84 Å². The molecule has 0 bridgehead atoms. The predicted octanol–water partition coefficient (Wildman–Crippen LogP) is 0.989. The van der Waals surface area contributed by atoms with Crippen LogP contribution in [0.4, 0.5) is 0 Å². The average Bonchev–Trinajstić information content (AvgIpc) is 2.70. The van der Waals surface area contributed by atoms with Gasteiger partial charge in [0.25, 0.3) is 0 Å². The molecule has 0 saturated carbocycles. The van der Waals surface area contributed by atoms with Gasteiger partial charge in [-0.05, 0) is 26.7 Å². The highest BCUT2D eigenvalue weighted by atomic mass is 32.2. The zero-order valence-electron chi connectivity index (χ0n) is 7.62. The Labute approximate surface area is 74.0 Å². The van der Waals surface area contributed by atoms with E-state index < -0.39 is 9.84 Å². The lowest BCUT2D eigenvalue weighted by atomic mass is 10.3. The number of epoxide rings is 1. The third kappa shape index (κ3) is 3.11. The van der Waals surface area contributed by atoms with Gasteiger partial charge in [-0.1, -0.05) is 0 Å². The minimum absolute atomic E-state index is 0.238. The summed E-state index contributed by atoms with van der Waals surface area (Å²) in [5.41, 5.74) is 0. The topological polar surface area (TPSA) is 46.7 Å². The van der Waals surface area contributed by atoms with Gasteiger partial charge in [-0.25, -0.2) is 8.42 Å². The van der Waals surface area contributed by atoms with Crippen molar-refractivity contribution in [2.45, 2.75) is 38.0 Å². The van der Waals surface area contributed by atoms with Crippen molar-refractivity contribution in [1.82, 2.24) is 0 Å². The predicted molar refractivity (Wildman–Crippen MR) is 47.9 cm³/mol. The fraction of sp³-hybridized carbons (Fsp3) is 1.00. The highest BCUT2D eigenvalue weighted by Crippen LogP contribution is 2.16. The molecule has 0 spiro atoms. The van der Waals surface area contributed by atoms with Crippen LogP contribution in [0.15, 0.2) is 0 Å². The highest BCUT2D eigenvalue weighted by molar-refractivity contribution is 7.91. The molecule has 1 aliphatic rings. The van der Waals surface area contributed by atoms with E-state index >= 15 is 0 Å². The summed E-state index contributed by atoms with van der Waals surface area (Å²) in [6.45, 7) is 4.27. The minimum Gasteiger partial charge on any atom is -0.373 e. The third-order valence-electron chi connectivity index (χ3n) is 2.08. The van der Waals surface area contributed by atoms with Crippen molar-refractivity contribution in [2.75, 3.05) is 12.4 Å². The molecule has 0 aliphatic carbocycles. The molecule has 72 valence electrons. The molecule has 0 aromatic heterocycles. The summed E-state index contributed by atoms with van der Waals surface area (Å²) in [6, 6.07) is 0. The molecule has 1 atom stereocenters. The second-order valence-corrected chi connectivity index (χ2v) is 6.19. The molecule has 1 rings (SSSR count). The van der Waals surface area contributed by atoms with E-state index in [2.05, 4.69) is 0 Å². The summed E-state index contributed by atoms with van der Waals surface area (Å²) in [7, 11) is -2.82. The average molecular weight is 192 g/mol. The van der Waals surface area contributed by atoms with Gasteiger partial charge in [-0.3, -0.25) is 0 Å². The van der Waals surface area contributed by atoms with Crippen LogP contribution in [0.3, 0.4) is 0 Å². The Hall–Kier alpha value is -0.0900. The van der Waals surface area contributed by atoms with Crippen molar-refractivity contribution in [3.05, 3.63) is 0 Å². The van der Waals surface area contributed by atoms with Gasteiger partial charge in [-0.15, -0.1) is 0 Å². The number of ether oxygens (including phenoxy) is 1. The molecule has 0 radical (unpaired) electrons. The standard InChI is InChI=1S/C8H16O3S/c1-7(2)12(9,10)5-3-4-8-6-11-8/h7-8H,3-6H2,1-2H3. The number of sulfone groups is 1. The summed E-state index contributed by atoms with van der Waals surface area (Å²) in [6.07, 6.45) is 1.99. The molecule has 0 N–H and O–H groups in total. The Morgan fingerprint density at radius 3 is 2.50 bits per heavy atom. The maximum atomic E-state index is 11.3. The van der Waals surface area contributed by atoms with Gasteiger partial charge in [0.2, 0.25) is 0 Å². The number of hydrogen-bond acceptors (Lipinski definition) is 3. The Balaban J connectivity index is 2.20. The second kappa shape index (κ2) is 3.75. The van der Waals surface area contributed by atoms with Crippen molar-refractivity contribution in [3.8, 4) is 0 Å². The first kappa shape index (κ1) is 9.99. The van der Waals surface area contributed by atoms with Crippen molar-refractivity contribution in [2.24, 2.45) is 0 Å². The van der Waals surface area contributed by atoms with Gasteiger partial charge >= 0.3 is 0 Å². The molecule has 4 heteroatoms. The maximum absolute atomic E-state index is 11.3. The molecule has 3 nitrogen and oxygen atoms in total. The van der Waals surface area contributed by atoms with E-state index in [1.165, 1.54) is 0 Å². The Morgan fingerprint density at radius 2 is 2.08 bits per heavy atom. The maximum Gasteiger partial charge on any atom is 0.152 e. The monoisotopic (exact) mass is 192 g/mol. The van der Waals surface area contributed by atoms with Gasteiger partial charge in [0, 0.05) is 0 Å². The number of hydrogen-bond donors (Lipinski definition) is 0. The summed E-state index contributed by atoms with van der Waals surface area (Å²) in [4.78, 5) is 0. The van der Waals surface area contributed by atoms with Gasteiger partial charge in [0.1, 0.15) is 0 Å². The Kier molecular flexibility index (Phi) is 3.12. The first-order valence-corrected chi connectivity index (χ1v) is 6.07. The van der Waals surface area contributed by atoms with Crippen LogP contribution >= 0.6 is 0 Å². The van der Waals surface area contributed by atoms with Crippen LogP contribution in [0, 0.1) is 0 Å². The lowest BCUT2D eigenvalue weighted by molar-refractivity contribution is 0.395. The van der Waals surface area contributed by atoms with Gasteiger partial charge in [0.05, 0.1) is 23.7 Å². The van der Waals surface area contributed by atoms with Gasteiger partial charge < -0.3 is 4.74 Å². The van der Waals surface area contributed by atoms with Crippen molar-refractivity contribution < 1.29 is 13.2 Å². The normalized spacial score (nSPS) is 23.1. The van der Waals surface area contributed by atoms with Crippen LogP contribution in [0.2, 0.25) is 0 Å². The van der Waals surface area contributed by atoms with Crippen molar-refractivity contribution >= 4 is 9.84 Å². The molecular formula is C8H16O3S. The Morgan fingerprint density at radius 1 is 1.50 bits per heavy atom. The van der Waals surface area contributed by atoms with Crippen LogP contribution < -0.4 is 0 Å². The number of rotatable bonds is 5. The summed E-state index contributed by atoms with van der Waals surface area (Å²) >= 11 is 0. The zero-order chi connectivity index (χ0) is 9.19. The van der Waals surface area contributed by atoms with E-state index in [9.17, 15) is 8.42 Å². The van der Waals surface area contributed by atoms with Crippen molar-refractivity contribution in [1.29, 1.82) is 0 Å². The van der Waals surface area contributed by atoms with Crippen LogP contribution in [-0.4, -0.2) is 32.1 Å². The van der Waals surface area contributed by atoms with E-state index in [-0.39, 0.29) is 5.25 Å². The van der Waals surface area contributed by atoms with Gasteiger partial charge in [-0.2, -0.15) is 0 Å². The molecular weight excluding hydrogens is 176 g/mol. The first-order valence-electron chi connectivity index (χ1n) is 4.35. The molecule has 0 aromatic carbocycles. The highest BCUT2D eigenvalue weighted by Gasteiger charge is 2.23. The fourth-order valence-corrected chi connectivity index (χ4v) is 2.02. The molecule has 0 aromatic rings. The fourth-order valence-electron chi connectivity index (χ4n) is 0.983. The summed E-state index contributed by atoms with van der Waals surface area (Å²) < 4.78 is 27.6. The minimum atomic E-state index is -2.82. The van der Waals surface area contributed by atoms with Crippen LogP contribution in [0.5, 0.6) is 0 Å². The molecule has 1 heterocycles. The largest absolute Gasteiger partial charge is 0.373 e. The molecule has 1 saturated heterocycles. The lowest BCUT2D eigenvalue weighted by Crippen LogP contribution is -2.17. The molecule has 0 amide bonds.